The lowest BCUT2D eigenvalue weighted by Gasteiger charge is -2.33. The predicted molar refractivity (Wildman–Crippen MR) is 621 cm³/mol. The number of aryl methyl sites for hydroxylation is 6. The molecule has 12 aromatic rings. The van der Waals surface area contributed by atoms with Gasteiger partial charge in [0.05, 0.1) is 65.7 Å². The summed E-state index contributed by atoms with van der Waals surface area (Å²) in [5.74, 6) is 11.7. The third-order valence-electron chi connectivity index (χ3n) is 36.8. The fourth-order valence-corrected chi connectivity index (χ4v) is 35.2. The molecule has 13 heterocycles. The van der Waals surface area contributed by atoms with Crippen LogP contribution in [0.15, 0.2) is 38.0 Å². The molecule has 12 aliphatic carbocycles. The van der Waals surface area contributed by atoms with Crippen molar-refractivity contribution < 1.29 is 14.4 Å². The van der Waals surface area contributed by atoms with Crippen molar-refractivity contribution in [2.75, 3.05) is 116 Å². The van der Waals surface area contributed by atoms with E-state index in [-0.39, 0.29) is 10.8 Å². The van der Waals surface area contributed by atoms with Gasteiger partial charge in [0, 0.05) is 96.4 Å². The summed E-state index contributed by atoms with van der Waals surface area (Å²) >= 11 is 11.3. The minimum Gasteiger partial charge on any atom is -0.474 e. The first-order chi connectivity index (χ1) is 71.9. The van der Waals surface area contributed by atoms with Gasteiger partial charge >= 0.3 is 0 Å². The smallest absolute Gasteiger partial charge is 0.225 e. The highest BCUT2D eigenvalue weighted by atomic mass is 32.1. The summed E-state index contributed by atoms with van der Waals surface area (Å²) in [6, 6.07) is 5.70. The van der Waals surface area contributed by atoms with Gasteiger partial charge in [0.25, 0.3) is 0 Å². The zero-order chi connectivity index (χ0) is 102. The fraction of sp³-hybridized carbons (Fsp3) is 0.692. The summed E-state index contributed by atoms with van der Waals surface area (Å²) in [4.78, 5) is 77.8. The van der Waals surface area contributed by atoms with E-state index in [0.29, 0.717) is 54.2 Å². The van der Waals surface area contributed by atoms with Crippen LogP contribution >= 0.6 is 68.0 Å². The first-order valence-corrected chi connectivity index (χ1v) is 62.5. The number of quaternary nitrogens is 1. The predicted octanol–water partition coefficient (Wildman–Crippen LogP) is 23.5. The van der Waals surface area contributed by atoms with Gasteiger partial charge in [-0.05, 0) is 386 Å². The molecule has 0 aromatic carbocycles. The number of ether oxygens (including phenoxy) is 2. The molecule has 148 heavy (non-hydrogen) atoms. The molecule has 31 heteroatoms. The van der Waals surface area contributed by atoms with Gasteiger partial charge < -0.3 is 66.7 Å². The molecule has 12 aromatic heterocycles. The van der Waals surface area contributed by atoms with Crippen molar-refractivity contribution in [1.29, 1.82) is 0 Å². The largest absolute Gasteiger partial charge is 0.474 e. The Morgan fingerprint density at radius 3 is 1.19 bits per heavy atom. The van der Waals surface area contributed by atoms with Crippen molar-refractivity contribution >= 4 is 158 Å². The molecular weight excluding hydrogens is 1950 g/mol. The van der Waals surface area contributed by atoms with Crippen LogP contribution in [0.4, 0.5) is 29.1 Å². The average Bonchev–Trinajstić information content (AvgIpc) is 1.58. The SMILES string of the molecule is CCC1CCc2c(sc3ncnc(NC4CCC(N(C)C)CC4)c23)C1.CCC1CCc2c(sc3ncnc(NC4CCC(NC)CC4)c23)C1.CNCC1CCC(Nc2ncnc3sc4c(c23)C(C)(C)CC4)CC1.CNCC1CCC(Nc2ncnc3sc4c(c23)C(C)(C)CCC4)CC1.C[C@@H]1CCc2sc3ncnc(NC4CCC(N(C)C)CC4)c3c2C1.C[NH+](C)C1CCC(Oc2ncnc3sc4c(c23)[C@@H](C2COC2)CC4)CC1. The number of anilines is 5. The van der Waals surface area contributed by atoms with E-state index in [4.69, 9.17) is 9.47 Å². The van der Waals surface area contributed by atoms with Gasteiger partial charge in [-0.3, -0.25) is 0 Å². The Labute approximate surface area is 905 Å². The van der Waals surface area contributed by atoms with Gasteiger partial charge in [-0.2, -0.15) is 0 Å². The van der Waals surface area contributed by atoms with Crippen molar-refractivity contribution in [2.24, 2.45) is 35.5 Å². The van der Waals surface area contributed by atoms with Crippen molar-refractivity contribution in [3.63, 3.8) is 0 Å². The summed E-state index contributed by atoms with van der Waals surface area (Å²) in [7, 11) is 19.5. The molecule has 13 aliphatic rings. The topological polar surface area (TPSA) is 280 Å². The van der Waals surface area contributed by atoms with Crippen LogP contribution in [-0.4, -0.2) is 220 Å². The summed E-state index contributed by atoms with van der Waals surface area (Å²) in [6.07, 6.45) is 63.0. The second-order valence-corrected chi connectivity index (χ2v) is 54.8. The van der Waals surface area contributed by atoms with E-state index in [9.17, 15) is 0 Å². The maximum absolute atomic E-state index is 6.48. The lowest BCUT2D eigenvalue weighted by Crippen LogP contribution is -3.10. The van der Waals surface area contributed by atoms with Crippen molar-refractivity contribution in [2.45, 2.75) is 395 Å². The molecule has 9 N–H and O–H groups in total. The molecule has 7 fully saturated rings. The van der Waals surface area contributed by atoms with Crippen LogP contribution in [0.5, 0.6) is 5.88 Å². The number of hydrogen-bond donors (Lipinski definition) is 9. The maximum atomic E-state index is 6.48. The van der Waals surface area contributed by atoms with Crippen LogP contribution in [0.2, 0.25) is 0 Å². The molecule has 6 saturated carbocycles. The third-order valence-corrected chi connectivity index (χ3v) is 43.8. The molecule has 0 amide bonds. The average molecular weight is 2130 g/mol. The lowest BCUT2D eigenvalue weighted by atomic mass is 9.75. The van der Waals surface area contributed by atoms with Gasteiger partial charge in [0.15, 0.2) is 0 Å². The van der Waals surface area contributed by atoms with E-state index >= 15 is 0 Å². The van der Waals surface area contributed by atoms with Crippen molar-refractivity contribution in [3.8, 4) is 5.88 Å². The highest BCUT2D eigenvalue weighted by Gasteiger charge is 2.43. The molecule has 25 nitrogen and oxygen atoms in total. The van der Waals surface area contributed by atoms with E-state index in [1.807, 2.05) is 68.0 Å². The van der Waals surface area contributed by atoms with Gasteiger partial charge in [-0.25, -0.2) is 59.8 Å². The first-order valence-electron chi connectivity index (χ1n) is 57.6. The fourth-order valence-electron chi connectivity index (χ4n) is 27.5. The standard InChI is InChI=1S/2C20H30N4S.C20H27N3O2S.3C19H28N4S/c1-20(2)10-4-5-15-17(20)16-18(22-12-23-19(16)25-15)24-14-8-6-13(7-9-14)11-21-3;1-4-13-5-10-16-17(11-13)25-20-18(16)19(21-12-22-20)23-14-6-8-15(9-7-14)24(2)3;1-23(2)13-3-5-14(6-4-13)25-19-18-17-15(12-9-24-10-12)7-8-16(17)26-20(18)22-11-21-19;1-12-4-9-16-15(10-12)17-18(20-11-21-19(17)24-16)22-13-5-7-14(8-6-13)23(2)3;1-19(2)9-8-14-16(19)15-17(21-11-22-18(15)24-14)23-13-6-4-12(5-7-13)10-20-3;1-3-12-4-9-15-16(10-12)24-19-17(15)18(21-11-22-19)23-14-7-5-13(20-2)6-8-14/h12-14,21H,4-11H2,1-3H3,(H,22,23,24);12-15H,4-11H2,1-3H3,(H,21,22,23);11-15H,3-10H2,1-2H3;11-14H,4-10H2,1-3H3,(H,20,21,22);11-13,20H,4-10H2,1-3H3,(H,21,22,23);11-14,20H,3-10H2,1-2H3,(H,21,22,23)/p+1/t;;13?,14?,15-;12-,13?,14?;;/m..11../s1. The molecule has 1 saturated heterocycles. The minimum atomic E-state index is 0.234. The molecule has 0 bridgehead atoms. The lowest BCUT2D eigenvalue weighted by molar-refractivity contribution is -0.887. The third kappa shape index (κ3) is 24.5. The van der Waals surface area contributed by atoms with Crippen LogP contribution in [0.1, 0.15) is 329 Å². The van der Waals surface area contributed by atoms with E-state index in [1.54, 1.807) is 57.5 Å². The first kappa shape index (κ1) is 108. The van der Waals surface area contributed by atoms with Crippen LogP contribution in [0.3, 0.4) is 0 Å². The summed E-state index contributed by atoms with van der Waals surface area (Å²) < 4.78 is 11.9. The van der Waals surface area contributed by atoms with Crippen molar-refractivity contribution in [1.82, 2.24) is 85.6 Å². The number of nitrogens with one attached hydrogen (secondary N) is 9. The number of fused-ring (bicyclic) bond motifs is 18. The molecular formula is C117H172N23O2S6+. The van der Waals surface area contributed by atoms with Crippen LogP contribution < -0.4 is 52.2 Å². The molecule has 1 aliphatic heterocycles. The van der Waals surface area contributed by atoms with Gasteiger partial charge in [0.2, 0.25) is 5.88 Å². The maximum Gasteiger partial charge on any atom is 0.225 e. The molecule has 2 unspecified atom stereocenters. The highest BCUT2D eigenvalue weighted by Crippen LogP contribution is 2.54. The Bertz CT molecular complexity index is 6380. The van der Waals surface area contributed by atoms with Crippen LogP contribution in [-0.2, 0) is 73.4 Å². The Hall–Kier alpha value is -7.24. The van der Waals surface area contributed by atoms with Crippen molar-refractivity contribution in [3.05, 3.63) is 101 Å². The second kappa shape index (κ2) is 48.8. The van der Waals surface area contributed by atoms with E-state index in [0.717, 1.165) is 131 Å². The molecule has 0 radical (unpaired) electrons. The zero-order valence-corrected chi connectivity index (χ0v) is 96.7. The summed E-state index contributed by atoms with van der Waals surface area (Å²) in [5, 5.41) is 36.7. The zero-order valence-electron chi connectivity index (χ0n) is 91.8. The Morgan fingerprint density at radius 2 is 0.757 bits per heavy atom. The van der Waals surface area contributed by atoms with Crippen LogP contribution in [0.25, 0.3) is 61.3 Å². The summed E-state index contributed by atoms with van der Waals surface area (Å²) in [6.45, 7) is 20.6. The van der Waals surface area contributed by atoms with E-state index in [1.165, 1.54) is 356 Å². The number of aromatic nitrogens is 12. The van der Waals surface area contributed by atoms with Crippen LogP contribution in [0, 0.1) is 35.5 Å². The van der Waals surface area contributed by atoms with Gasteiger partial charge in [-0.1, -0.05) is 61.3 Å². The molecule has 802 valence electrons. The Balaban J connectivity index is 0.000000108. The second-order valence-electron chi connectivity index (χ2n) is 48.3. The number of nitrogens with zero attached hydrogens (tertiary/aromatic N) is 14. The quantitative estimate of drug-likeness (QED) is 0.0288. The molecule has 25 rings (SSSR count). The number of thiophene rings is 6. The van der Waals surface area contributed by atoms with Gasteiger partial charge in [-0.15, -0.1) is 68.0 Å². The normalized spacial score (nSPS) is 27.0. The Kier molecular flexibility index (Phi) is 35.5. The Morgan fingerprint density at radius 1 is 0.372 bits per heavy atom. The number of hydrogen-bond acceptors (Lipinski definition) is 30. The minimum absolute atomic E-state index is 0.234. The molecule has 0 spiro atoms. The van der Waals surface area contributed by atoms with Gasteiger partial charge in [0.1, 0.15) is 102 Å². The molecule has 4 atom stereocenters. The van der Waals surface area contributed by atoms with E-state index < -0.39 is 0 Å². The highest BCUT2D eigenvalue weighted by molar-refractivity contribution is 7.20. The summed E-state index contributed by atoms with van der Waals surface area (Å²) in [5.41, 5.74) is 9.59. The number of rotatable bonds is 23. The van der Waals surface area contributed by atoms with E-state index in [2.05, 4.69) is 224 Å². The monoisotopic (exact) mass is 2120 g/mol.